The van der Waals surface area contributed by atoms with E-state index < -0.39 is 8.32 Å². The van der Waals surface area contributed by atoms with E-state index in [1.165, 1.54) is 6.92 Å². The van der Waals surface area contributed by atoms with E-state index in [1.807, 2.05) is 0 Å². The van der Waals surface area contributed by atoms with Crippen molar-refractivity contribution in [3.63, 3.8) is 0 Å². The number of carbonyl (C=O) groups excluding carboxylic acids is 1. The predicted octanol–water partition coefficient (Wildman–Crippen LogP) is 5.24. The number of rotatable bonds is 10. The molecule has 0 spiro atoms. The lowest BCUT2D eigenvalue weighted by Gasteiger charge is -2.36. The molecule has 0 saturated carbocycles. The lowest BCUT2D eigenvalue weighted by Crippen LogP contribution is -2.40. The second-order valence-electron chi connectivity index (χ2n) is 7.26. The van der Waals surface area contributed by atoms with Crippen LogP contribution in [-0.4, -0.2) is 27.5 Å². The lowest BCUT2D eigenvalue weighted by molar-refractivity contribution is -0.141. The fraction of sp³-hybridized carbons (Fsp3) is 0.722. The molecule has 0 aliphatic heterocycles. The average molecular weight is 327 g/mol. The van der Waals surface area contributed by atoms with Gasteiger partial charge in [0.1, 0.15) is 0 Å². The molecule has 0 radical (unpaired) electrons. The molecule has 0 bridgehead atoms. The summed E-state index contributed by atoms with van der Waals surface area (Å²) in [6, 6.07) is 0. The molecule has 0 atom stereocenters. The van der Waals surface area contributed by atoms with Crippen molar-refractivity contribution < 1.29 is 14.0 Å². The van der Waals surface area contributed by atoms with Crippen LogP contribution in [0, 0.1) is 0 Å². The third kappa shape index (κ3) is 9.95. The quantitative estimate of drug-likeness (QED) is 0.238. The first kappa shape index (κ1) is 21.1. The van der Waals surface area contributed by atoms with E-state index in [2.05, 4.69) is 52.6 Å². The maximum absolute atomic E-state index is 10.6. The van der Waals surface area contributed by atoms with Crippen LogP contribution in [0.2, 0.25) is 18.1 Å². The molecule has 0 heterocycles. The minimum absolute atomic E-state index is 0.203. The van der Waals surface area contributed by atoms with E-state index in [4.69, 9.17) is 9.16 Å². The fourth-order valence-corrected chi connectivity index (χ4v) is 2.61. The zero-order chi connectivity index (χ0) is 17.2. The van der Waals surface area contributed by atoms with Crippen molar-refractivity contribution in [3.05, 3.63) is 24.3 Å². The van der Waals surface area contributed by atoms with Crippen LogP contribution in [0.1, 0.15) is 53.4 Å². The molecule has 0 saturated heterocycles. The van der Waals surface area contributed by atoms with E-state index in [9.17, 15) is 4.79 Å². The summed E-state index contributed by atoms with van der Waals surface area (Å²) in [6.45, 7) is 18.1. The average Bonchev–Trinajstić information content (AvgIpc) is 2.35. The Morgan fingerprint density at radius 2 is 1.82 bits per heavy atom. The van der Waals surface area contributed by atoms with Gasteiger partial charge in [0.05, 0.1) is 6.61 Å². The fourth-order valence-electron chi connectivity index (χ4n) is 1.57. The molecule has 0 aliphatic rings. The molecule has 0 aromatic carbocycles. The van der Waals surface area contributed by atoms with Crippen LogP contribution in [0.15, 0.2) is 24.3 Å². The molecular formula is C18H34O3Si. The molecule has 22 heavy (non-hydrogen) atoms. The summed E-state index contributed by atoms with van der Waals surface area (Å²) in [4.78, 5) is 10.6. The number of hydrogen-bond donors (Lipinski definition) is 0. The molecule has 0 rings (SSSR count). The topological polar surface area (TPSA) is 35.5 Å². The van der Waals surface area contributed by atoms with E-state index in [0.717, 1.165) is 37.9 Å². The van der Waals surface area contributed by atoms with Crippen molar-refractivity contribution in [2.45, 2.75) is 71.5 Å². The molecule has 0 aromatic rings. The van der Waals surface area contributed by atoms with Gasteiger partial charge < -0.3 is 9.16 Å². The summed E-state index contributed by atoms with van der Waals surface area (Å²) >= 11 is 0. The number of hydrogen-bond acceptors (Lipinski definition) is 3. The summed E-state index contributed by atoms with van der Waals surface area (Å²) < 4.78 is 11.0. The monoisotopic (exact) mass is 326 g/mol. The van der Waals surface area contributed by atoms with E-state index in [-0.39, 0.29) is 11.0 Å². The number of ether oxygens (including phenoxy) is 1. The number of allylic oxidation sites excluding steroid dienone is 2. The number of esters is 1. The molecule has 0 fully saturated rings. The molecular weight excluding hydrogens is 292 g/mol. The zero-order valence-electron chi connectivity index (χ0n) is 15.3. The molecule has 3 nitrogen and oxygen atoms in total. The first-order valence-electron chi connectivity index (χ1n) is 8.18. The van der Waals surface area contributed by atoms with E-state index >= 15 is 0 Å². The largest absolute Gasteiger partial charge is 0.466 e. The highest BCUT2D eigenvalue weighted by Gasteiger charge is 2.36. The van der Waals surface area contributed by atoms with Gasteiger partial charge >= 0.3 is 5.97 Å². The van der Waals surface area contributed by atoms with Crippen LogP contribution in [0.4, 0.5) is 0 Å². The Hall–Kier alpha value is -0.873. The van der Waals surface area contributed by atoms with Crippen LogP contribution in [0.3, 0.4) is 0 Å². The summed E-state index contributed by atoms with van der Waals surface area (Å²) in [6.07, 6.45) is 8.03. The van der Waals surface area contributed by atoms with Crippen LogP contribution < -0.4 is 0 Å². The Balaban J connectivity index is 3.78. The highest BCUT2D eigenvalue weighted by molar-refractivity contribution is 6.74. The predicted molar refractivity (Wildman–Crippen MR) is 96.5 cm³/mol. The SMILES string of the molecule is C=C(/C=C/CCCCOC(C)=O)CCO[Si](C)(C)C(C)(C)C. The Kier molecular flexibility index (Phi) is 9.61. The summed E-state index contributed by atoms with van der Waals surface area (Å²) in [5, 5.41) is 0.256. The minimum Gasteiger partial charge on any atom is -0.466 e. The van der Waals surface area contributed by atoms with Gasteiger partial charge in [0.15, 0.2) is 8.32 Å². The van der Waals surface area contributed by atoms with E-state index in [1.54, 1.807) is 0 Å². The van der Waals surface area contributed by atoms with Gasteiger partial charge in [-0.05, 0) is 43.8 Å². The third-order valence-electron chi connectivity index (χ3n) is 4.12. The Morgan fingerprint density at radius 1 is 1.18 bits per heavy atom. The van der Waals surface area contributed by atoms with Crippen LogP contribution in [0.25, 0.3) is 0 Å². The molecule has 0 unspecified atom stereocenters. The maximum atomic E-state index is 10.6. The van der Waals surface area contributed by atoms with Crippen LogP contribution in [0.5, 0.6) is 0 Å². The van der Waals surface area contributed by atoms with E-state index in [0.29, 0.717) is 6.61 Å². The molecule has 4 heteroatoms. The second-order valence-corrected chi connectivity index (χ2v) is 12.1. The standard InChI is InChI=1S/C18H34O3Si/c1-16(12-10-8-9-11-14-20-17(2)19)13-15-21-22(6,7)18(3,4)5/h10,12H,1,8-9,11,13-15H2,2-7H3/b12-10+. The van der Waals surface area contributed by atoms with Crippen LogP contribution in [-0.2, 0) is 14.0 Å². The van der Waals surface area contributed by atoms with Crippen molar-refractivity contribution in [1.82, 2.24) is 0 Å². The van der Waals surface area contributed by atoms with Crippen molar-refractivity contribution in [1.29, 1.82) is 0 Å². The highest BCUT2D eigenvalue weighted by atomic mass is 28.4. The van der Waals surface area contributed by atoms with Crippen molar-refractivity contribution in [2.24, 2.45) is 0 Å². The summed E-state index contributed by atoms with van der Waals surface area (Å²) in [5.41, 5.74) is 1.11. The Labute approximate surface area is 137 Å². The highest BCUT2D eigenvalue weighted by Crippen LogP contribution is 2.36. The summed E-state index contributed by atoms with van der Waals surface area (Å²) in [5.74, 6) is -0.203. The molecule has 0 aliphatic carbocycles. The van der Waals surface area contributed by atoms with Gasteiger partial charge in [0.25, 0.3) is 0 Å². The van der Waals surface area contributed by atoms with Gasteiger partial charge in [0, 0.05) is 13.5 Å². The molecule has 0 amide bonds. The first-order valence-corrected chi connectivity index (χ1v) is 11.1. The van der Waals surface area contributed by atoms with Gasteiger partial charge in [-0.25, -0.2) is 0 Å². The Morgan fingerprint density at radius 3 is 2.36 bits per heavy atom. The van der Waals surface area contributed by atoms with Gasteiger partial charge in [-0.15, -0.1) is 0 Å². The Bertz CT molecular complexity index is 378. The van der Waals surface area contributed by atoms with Gasteiger partial charge in [-0.2, -0.15) is 0 Å². The number of unbranched alkanes of at least 4 members (excludes halogenated alkanes) is 2. The van der Waals surface area contributed by atoms with Gasteiger partial charge in [-0.1, -0.05) is 45.1 Å². The third-order valence-corrected chi connectivity index (χ3v) is 8.65. The maximum Gasteiger partial charge on any atom is 0.302 e. The van der Waals surface area contributed by atoms with Gasteiger partial charge in [0.2, 0.25) is 0 Å². The smallest absolute Gasteiger partial charge is 0.302 e. The number of carbonyl (C=O) groups is 1. The van der Waals surface area contributed by atoms with Crippen molar-refractivity contribution in [3.8, 4) is 0 Å². The van der Waals surface area contributed by atoms with Crippen LogP contribution >= 0.6 is 0 Å². The minimum atomic E-state index is -1.64. The van der Waals surface area contributed by atoms with Crippen molar-refractivity contribution in [2.75, 3.05) is 13.2 Å². The molecule has 128 valence electrons. The normalized spacial score (nSPS) is 12.6. The zero-order valence-corrected chi connectivity index (χ0v) is 16.3. The second kappa shape index (κ2) is 10.0. The summed E-state index contributed by atoms with van der Waals surface area (Å²) in [7, 11) is -1.64. The molecule has 0 N–H and O–H groups in total. The lowest BCUT2D eigenvalue weighted by atomic mass is 10.1. The van der Waals surface area contributed by atoms with Crippen molar-refractivity contribution >= 4 is 14.3 Å². The van der Waals surface area contributed by atoms with Gasteiger partial charge in [-0.3, -0.25) is 4.79 Å². The first-order chi connectivity index (χ1) is 10.1. The molecule has 0 aromatic heterocycles.